The predicted octanol–water partition coefficient (Wildman–Crippen LogP) is 2.44. The first kappa shape index (κ1) is 12.0. The summed E-state index contributed by atoms with van der Waals surface area (Å²) in [6, 6.07) is 2.02. The van der Waals surface area contributed by atoms with E-state index in [1.54, 1.807) is 29.9 Å². The van der Waals surface area contributed by atoms with Crippen LogP contribution >= 0.6 is 11.3 Å². The zero-order valence-corrected chi connectivity index (χ0v) is 11.3. The van der Waals surface area contributed by atoms with Gasteiger partial charge in [-0.05, 0) is 18.4 Å². The molecule has 3 aromatic heterocycles. The third-order valence-electron chi connectivity index (χ3n) is 2.71. The average Bonchev–Trinajstić information content (AvgIpc) is 2.88. The fourth-order valence-electron chi connectivity index (χ4n) is 1.87. The van der Waals surface area contributed by atoms with Gasteiger partial charge in [-0.2, -0.15) is 0 Å². The van der Waals surface area contributed by atoms with Crippen molar-refractivity contribution in [1.82, 2.24) is 19.9 Å². The molecule has 0 atom stereocenters. The van der Waals surface area contributed by atoms with Gasteiger partial charge in [-0.15, -0.1) is 11.3 Å². The second-order valence-electron chi connectivity index (χ2n) is 4.13. The second-order valence-corrected chi connectivity index (χ2v) is 5.04. The second kappa shape index (κ2) is 5.27. The van der Waals surface area contributed by atoms with Crippen molar-refractivity contribution in [3.05, 3.63) is 41.6 Å². The molecular weight excluding hydrogens is 258 g/mol. The Kier molecular flexibility index (Phi) is 3.33. The fraction of sp³-hybridized carbons (Fsp3) is 0.231. The number of anilines is 1. The first-order valence-electron chi connectivity index (χ1n) is 6.03. The normalized spacial score (nSPS) is 10.8. The minimum absolute atomic E-state index is 0.780. The van der Waals surface area contributed by atoms with E-state index < -0.39 is 0 Å². The van der Waals surface area contributed by atoms with E-state index in [-0.39, 0.29) is 0 Å². The highest BCUT2D eigenvalue weighted by molar-refractivity contribution is 7.17. The maximum Gasteiger partial charge on any atom is 0.147 e. The maximum atomic E-state index is 4.46. The summed E-state index contributed by atoms with van der Waals surface area (Å²) < 4.78 is 1.10. The lowest BCUT2D eigenvalue weighted by atomic mass is 10.3. The van der Waals surface area contributed by atoms with Gasteiger partial charge in [0.15, 0.2) is 0 Å². The van der Waals surface area contributed by atoms with Crippen LogP contribution in [0, 0.1) is 6.92 Å². The number of nitrogens with one attached hydrogen (secondary N) is 1. The van der Waals surface area contributed by atoms with Gasteiger partial charge in [0, 0.05) is 31.6 Å². The fourth-order valence-corrected chi connectivity index (χ4v) is 2.66. The Labute approximate surface area is 114 Å². The van der Waals surface area contributed by atoms with E-state index in [2.05, 4.69) is 25.3 Å². The zero-order chi connectivity index (χ0) is 13.1. The monoisotopic (exact) mass is 271 g/mol. The summed E-state index contributed by atoms with van der Waals surface area (Å²) >= 11 is 1.65. The topological polar surface area (TPSA) is 63.6 Å². The third kappa shape index (κ3) is 2.68. The molecule has 3 aromatic rings. The maximum absolute atomic E-state index is 4.46. The molecule has 5 nitrogen and oxygen atoms in total. The van der Waals surface area contributed by atoms with Gasteiger partial charge in [-0.25, -0.2) is 9.97 Å². The molecule has 0 amide bonds. The minimum atomic E-state index is 0.780. The number of rotatable bonds is 4. The van der Waals surface area contributed by atoms with Gasteiger partial charge in [-0.3, -0.25) is 9.97 Å². The van der Waals surface area contributed by atoms with Crippen LogP contribution < -0.4 is 5.32 Å². The molecule has 0 radical (unpaired) electrons. The van der Waals surface area contributed by atoms with Crippen LogP contribution in [0.1, 0.15) is 11.5 Å². The predicted molar refractivity (Wildman–Crippen MR) is 76.4 cm³/mol. The van der Waals surface area contributed by atoms with E-state index in [0.29, 0.717) is 0 Å². The molecule has 6 heteroatoms. The molecule has 0 aliphatic carbocycles. The molecule has 0 unspecified atom stereocenters. The molecule has 3 heterocycles. The van der Waals surface area contributed by atoms with Crippen molar-refractivity contribution >= 4 is 27.4 Å². The Morgan fingerprint density at radius 2 is 2.21 bits per heavy atom. The summed E-state index contributed by atoms with van der Waals surface area (Å²) in [5.41, 5.74) is 1.97. The Hall–Kier alpha value is -2.08. The first-order valence-corrected chi connectivity index (χ1v) is 6.91. The lowest BCUT2D eigenvalue weighted by molar-refractivity contribution is 0.933. The molecule has 3 rings (SSSR count). The zero-order valence-electron chi connectivity index (χ0n) is 10.5. The lowest BCUT2D eigenvalue weighted by Crippen LogP contribution is -2.08. The smallest absolute Gasteiger partial charge is 0.147 e. The number of hydrogen-bond acceptors (Lipinski definition) is 6. The lowest BCUT2D eigenvalue weighted by Gasteiger charge is -2.06. The number of fused-ring (bicyclic) bond motifs is 1. The van der Waals surface area contributed by atoms with Crippen LogP contribution in [0.4, 0.5) is 5.82 Å². The molecule has 0 saturated carbocycles. The largest absolute Gasteiger partial charge is 0.368 e. The number of aromatic nitrogens is 4. The Morgan fingerprint density at radius 3 is 3.05 bits per heavy atom. The van der Waals surface area contributed by atoms with Gasteiger partial charge in [0.1, 0.15) is 11.6 Å². The van der Waals surface area contributed by atoms with Crippen molar-refractivity contribution in [3.63, 3.8) is 0 Å². The van der Waals surface area contributed by atoms with Crippen molar-refractivity contribution in [2.75, 3.05) is 11.9 Å². The van der Waals surface area contributed by atoms with Crippen molar-refractivity contribution in [3.8, 4) is 0 Å². The van der Waals surface area contributed by atoms with Crippen LogP contribution in [0.15, 0.2) is 30.0 Å². The van der Waals surface area contributed by atoms with Gasteiger partial charge in [0.05, 0.1) is 15.9 Å². The van der Waals surface area contributed by atoms with Gasteiger partial charge >= 0.3 is 0 Å². The minimum Gasteiger partial charge on any atom is -0.368 e. The molecule has 0 spiro atoms. The van der Waals surface area contributed by atoms with Gasteiger partial charge in [-0.1, -0.05) is 0 Å². The molecule has 0 fully saturated rings. The molecule has 19 heavy (non-hydrogen) atoms. The Balaban J connectivity index is 1.73. The van der Waals surface area contributed by atoms with Crippen molar-refractivity contribution in [1.29, 1.82) is 0 Å². The van der Waals surface area contributed by atoms with Gasteiger partial charge in [0.25, 0.3) is 0 Å². The molecule has 1 N–H and O–H groups in total. The van der Waals surface area contributed by atoms with E-state index in [1.807, 2.05) is 18.4 Å². The standard InChI is InChI=1S/C13H13N5S/c1-9-17-11-3-7-19-12(11)13(18-9)16-4-2-10-8-14-5-6-15-10/h3,5-8H,2,4H2,1H3,(H,16,17,18). The molecule has 0 aliphatic heterocycles. The molecular formula is C13H13N5S. The molecule has 0 aromatic carbocycles. The van der Waals surface area contributed by atoms with Crippen molar-refractivity contribution in [2.24, 2.45) is 0 Å². The van der Waals surface area contributed by atoms with E-state index in [9.17, 15) is 0 Å². The van der Waals surface area contributed by atoms with Crippen molar-refractivity contribution < 1.29 is 0 Å². The summed E-state index contributed by atoms with van der Waals surface area (Å²) in [5.74, 6) is 1.69. The van der Waals surface area contributed by atoms with Crippen LogP contribution in [0.5, 0.6) is 0 Å². The molecule has 0 aliphatic rings. The SMILES string of the molecule is Cc1nc(NCCc2cnccn2)c2sccc2n1. The average molecular weight is 271 g/mol. The highest BCUT2D eigenvalue weighted by Gasteiger charge is 2.06. The third-order valence-corrected chi connectivity index (χ3v) is 3.62. The summed E-state index contributed by atoms with van der Waals surface area (Å²) in [4.78, 5) is 17.2. The molecule has 0 bridgehead atoms. The summed E-state index contributed by atoms with van der Waals surface area (Å²) in [6.07, 6.45) is 6.00. The van der Waals surface area contributed by atoms with E-state index >= 15 is 0 Å². The summed E-state index contributed by atoms with van der Waals surface area (Å²) in [7, 11) is 0. The van der Waals surface area contributed by atoms with E-state index in [0.717, 1.165) is 40.5 Å². The summed E-state index contributed by atoms with van der Waals surface area (Å²) in [6.45, 7) is 2.69. The van der Waals surface area contributed by atoms with Crippen molar-refractivity contribution in [2.45, 2.75) is 13.3 Å². The van der Waals surface area contributed by atoms with Crippen LogP contribution in [-0.2, 0) is 6.42 Å². The Bertz CT molecular complexity index is 680. The van der Waals surface area contributed by atoms with E-state index in [1.165, 1.54) is 0 Å². The molecule has 96 valence electrons. The van der Waals surface area contributed by atoms with Crippen LogP contribution in [-0.4, -0.2) is 26.5 Å². The molecule has 0 saturated heterocycles. The van der Waals surface area contributed by atoms with Crippen LogP contribution in [0.25, 0.3) is 10.2 Å². The van der Waals surface area contributed by atoms with Gasteiger partial charge < -0.3 is 5.32 Å². The van der Waals surface area contributed by atoms with Crippen LogP contribution in [0.2, 0.25) is 0 Å². The first-order chi connectivity index (χ1) is 9.33. The highest BCUT2D eigenvalue weighted by atomic mass is 32.1. The van der Waals surface area contributed by atoms with Crippen LogP contribution in [0.3, 0.4) is 0 Å². The Morgan fingerprint density at radius 1 is 1.26 bits per heavy atom. The number of nitrogens with zero attached hydrogens (tertiary/aromatic N) is 4. The highest BCUT2D eigenvalue weighted by Crippen LogP contribution is 2.25. The number of aryl methyl sites for hydroxylation is 1. The summed E-state index contributed by atoms with van der Waals surface area (Å²) in [5, 5.41) is 5.39. The quantitative estimate of drug-likeness (QED) is 0.789. The number of thiophene rings is 1. The number of hydrogen-bond donors (Lipinski definition) is 1. The van der Waals surface area contributed by atoms with E-state index in [4.69, 9.17) is 0 Å². The van der Waals surface area contributed by atoms with Gasteiger partial charge in [0.2, 0.25) is 0 Å².